The predicted octanol–water partition coefficient (Wildman–Crippen LogP) is 2.24. The zero-order valence-electron chi connectivity index (χ0n) is 13.1. The monoisotopic (exact) mass is 354 g/mol. The number of aliphatic imine (C=N–C) groups is 1. The van der Waals surface area contributed by atoms with Crippen molar-refractivity contribution >= 4 is 26.8 Å². The average Bonchev–Trinajstić information content (AvgIpc) is 3.12. The second kappa shape index (κ2) is 5.86. The maximum absolute atomic E-state index is 13.1. The van der Waals surface area contributed by atoms with Gasteiger partial charge in [0.1, 0.15) is 11.4 Å². The molecule has 6 nitrogen and oxygen atoms in total. The molecule has 0 amide bonds. The Morgan fingerprint density at radius 1 is 1.00 bits per heavy atom. The first-order valence-electron chi connectivity index (χ1n) is 7.72. The number of nitrogens with zero attached hydrogens (tertiary/aromatic N) is 2. The maximum atomic E-state index is 13.1. The van der Waals surface area contributed by atoms with E-state index in [9.17, 15) is 13.2 Å². The van der Waals surface area contributed by atoms with Gasteiger partial charge in [-0.2, -0.15) is 0 Å². The molecular weight excluding hydrogens is 340 g/mol. The van der Waals surface area contributed by atoms with Gasteiger partial charge in [-0.05, 0) is 24.3 Å². The van der Waals surface area contributed by atoms with E-state index in [2.05, 4.69) is 4.99 Å². The Bertz CT molecular complexity index is 1130. The summed E-state index contributed by atoms with van der Waals surface area (Å²) in [5.41, 5.74) is 0.640. The lowest BCUT2D eigenvalue weighted by atomic mass is 10.2. The summed E-state index contributed by atoms with van der Waals surface area (Å²) >= 11 is 0. The Balaban J connectivity index is 1.78. The van der Waals surface area contributed by atoms with Crippen LogP contribution in [-0.4, -0.2) is 31.6 Å². The lowest BCUT2D eigenvalue weighted by Gasteiger charge is -2.20. The molecule has 126 valence electrons. The maximum Gasteiger partial charge on any atom is 0.336 e. The zero-order valence-corrected chi connectivity index (χ0v) is 13.9. The Morgan fingerprint density at radius 3 is 2.60 bits per heavy atom. The van der Waals surface area contributed by atoms with Gasteiger partial charge in [0.2, 0.25) is 0 Å². The second-order valence-corrected chi connectivity index (χ2v) is 7.46. The van der Waals surface area contributed by atoms with Crippen LogP contribution in [0.2, 0.25) is 0 Å². The summed E-state index contributed by atoms with van der Waals surface area (Å²) in [6.45, 7) is 0.723. The van der Waals surface area contributed by atoms with E-state index < -0.39 is 15.6 Å². The number of fused-ring (bicyclic) bond motifs is 1. The molecule has 1 aromatic heterocycles. The minimum atomic E-state index is -3.75. The molecule has 25 heavy (non-hydrogen) atoms. The molecule has 1 aliphatic heterocycles. The largest absolute Gasteiger partial charge is 0.423 e. The van der Waals surface area contributed by atoms with Crippen LogP contribution < -0.4 is 5.63 Å². The molecule has 3 aromatic rings. The van der Waals surface area contributed by atoms with E-state index in [-0.39, 0.29) is 4.90 Å². The fourth-order valence-corrected chi connectivity index (χ4v) is 4.31. The quantitative estimate of drug-likeness (QED) is 0.676. The van der Waals surface area contributed by atoms with Crippen LogP contribution in [0.1, 0.15) is 5.56 Å². The first-order valence-corrected chi connectivity index (χ1v) is 9.16. The van der Waals surface area contributed by atoms with Gasteiger partial charge >= 0.3 is 5.63 Å². The minimum Gasteiger partial charge on any atom is -0.423 e. The highest BCUT2D eigenvalue weighted by atomic mass is 32.2. The Morgan fingerprint density at radius 2 is 1.80 bits per heavy atom. The van der Waals surface area contributed by atoms with Crippen LogP contribution in [0.15, 0.2) is 79.8 Å². The highest BCUT2D eigenvalue weighted by Gasteiger charge is 2.31. The summed E-state index contributed by atoms with van der Waals surface area (Å²) in [5, 5.41) is 0.554. The zero-order chi connectivity index (χ0) is 17.4. The SMILES string of the molecule is O=c1ccc2cc(S(=O)(=O)N3CCN=C3c3ccccc3)ccc2o1. The smallest absolute Gasteiger partial charge is 0.336 e. The van der Waals surface area contributed by atoms with Crippen LogP contribution in [-0.2, 0) is 10.0 Å². The van der Waals surface area contributed by atoms with Crippen molar-refractivity contribution < 1.29 is 12.8 Å². The van der Waals surface area contributed by atoms with Crippen molar-refractivity contribution in [1.29, 1.82) is 0 Å². The molecule has 0 radical (unpaired) electrons. The summed E-state index contributed by atoms with van der Waals surface area (Å²) in [5.74, 6) is 0.445. The molecule has 1 aliphatic rings. The van der Waals surface area contributed by atoms with Gasteiger partial charge in [-0.3, -0.25) is 4.99 Å². The third kappa shape index (κ3) is 2.72. The van der Waals surface area contributed by atoms with Gasteiger partial charge in [-0.25, -0.2) is 17.5 Å². The molecule has 0 saturated carbocycles. The number of rotatable bonds is 3. The fourth-order valence-electron chi connectivity index (χ4n) is 2.83. The molecule has 7 heteroatoms. The topological polar surface area (TPSA) is 80.0 Å². The standard InChI is InChI=1S/C18H14N2O4S/c21-17-9-6-14-12-15(7-8-16(14)24-17)25(22,23)20-11-10-19-18(20)13-4-2-1-3-5-13/h1-9,12H,10-11H2. The third-order valence-electron chi connectivity index (χ3n) is 4.01. The van der Waals surface area contributed by atoms with Crippen LogP contribution in [0.25, 0.3) is 11.0 Å². The minimum absolute atomic E-state index is 0.138. The van der Waals surface area contributed by atoms with Crippen molar-refractivity contribution in [3.8, 4) is 0 Å². The van der Waals surface area contributed by atoms with Gasteiger partial charge in [0, 0.05) is 17.0 Å². The van der Waals surface area contributed by atoms with Crippen LogP contribution in [0.5, 0.6) is 0 Å². The Labute approximate surface area is 144 Å². The molecule has 0 unspecified atom stereocenters. The molecule has 0 atom stereocenters. The van der Waals surface area contributed by atoms with Gasteiger partial charge in [0.05, 0.1) is 18.0 Å². The van der Waals surface area contributed by atoms with Crippen molar-refractivity contribution in [2.75, 3.05) is 13.1 Å². The predicted molar refractivity (Wildman–Crippen MR) is 94.2 cm³/mol. The number of hydrogen-bond donors (Lipinski definition) is 0. The van der Waals surface area contributed by atoms with E-state index in [0.29, 0.717) is 29.9 Å². The summed E-state index contributed by atoms with van der Waals surface area (Å²) < 4.78 is 32.5. The molecule has 0 spiro atoms. The normalized spacial score (nSPS) is 14.7. The molecule has 0 bridgehead atoms. The van der Waals surface area contributed by atoms with Gasteiger partial charge in [-0.1, -0.05) is 30.3 Å². The average molecular weight is 354 g/mol. The van der Waals surface area contributed by atoms with Crippen molar-refractivity contribution in [2.45, 2.75) is 4.90 Å². The number of sulfonamides is 1. The molecule has 2 heterocycles. The molecule has 2 aromatic carbocycles. The molecule has 4 rings (SSSR count). The van der Waals surface area contributed by atoms with Crippen LogP contribution >= 0.6 is 0 Å². The Hall–Kier alpha value is -2.93. The van der Waals surface area contributed by atoms with Crippen LogP contribution in [0.4, 0.5) is 0 Å². The summed E-state index contributed by atoms with van der Waals surface area (Å²) in [6, 6.07) is 16.5. The van der Waals surface area contributed by atoms with E-state index in [1.807, 2.05) is 30.3 Å². The number of amidine groups is 1. The van der Waals surface area contributed by atoms with Crippen molar-refractivity contribution in [2.24, 2.45) is 4.99 Å². The molecular formula is C18H14N2O4S. The molecule has 0 saturated heterocycles. The third-order valence-corrected chi connectivity index (χ3v) is 5.80. The summed E-state index contributed by atoms with van der Waals surface area (Å²) in [7, 11) is -3.75. The molecule has 0 N–H and O–H groups in total. The summed E-state index contributed by atoms with van der Waals surface area (Å²) in [6.07, 6.45) is 0. The fraction of sp³-hybridized carbons (Fsp3) is 0.111. The van der Waals surface area contributed by atoms with Gasteiger partial charge in [-0.15, -0.1) is 0 Å². The van der Waals surface area contributed by atoms with Gasteiger partial charge in [0.15, 0.2) is 0 Å². The van der Waals surface area contributed by atoms with E-state index in [4.69, 9.17) is 4.42 Å². The highest BCUT2D eigenvalue weighted by molar-refractivity contribution is 7.89. The first-order chi connectivity index (χ1) is 12.1. The number of hydrogen-bond acceptors (Lipinski definition) is 5. The molecule has 0 fully saturated rings. The van der Waals surface area contributed by atoms with Crippen molar-refractivity contribution in [1.82, 2.24) is 4.31 Å². The van der Waals surface area contributed by atoms with Crippen LogP contribution in [0.3, 0.4) is 0 Å². The number of benzene rings is 2. The first kappa shape index (κ1) is 15.6. The van der Waals surface area contributed by atoms with Crippen molar-refractivity contribution in [3.63, 3.8) is 0 Å². The lowest BCUT2D eigenvalue weighted by molar-refractivity contribution is 0.537. The van der Waals surface area contributed by atoms with Crippen LogP contribution in [0, 0.1) is 0 Å². The second-order valence-electron chi connectivity index (χ2n) is 5.60. The van der Waals surface area contributed by atoms with E-state index in [0.717, 1.165) is 5.56 Å². The summed E-state index contributed by atoms with van der Waals surface area (Å²) in [4.78, 5) is 15.8. The molecule has 0 aliphatic carbocycles. The Kier molecular flexibility index (Phi) is 3.65. The van der Waals surface area contributed by atoms with Crippen molar-refractivity contribution in [3.05, 3.63) is 76.6 Å². The van der Waals surface area contributed by atoms with E-state index in [1.165, 1.54) is 28.6 Å². The van der Waals surface area contributed by atoms with Gasteiger partial charge in [0.25, 0.3) is 10.0 Å². The highest BCUT2D eigenvalue weighted by Crippen LogP contribution is 2.24. The lowest BCUT2D eigenvalue weighted by Crippen LogP contribution is -2.34. The van der Waals surface area contributed by atoms with E-state index in [1.54, 1.807) is 6.07 Å². The van der Waals surface area contributed by atoms with E-state index >= 15 is 0 Å². The van der Waals surface area contributed by atoms with Gasteiger partial charge < -0.3 is 4.42 Å².